The normalized spacial score (nSPS) is 16.1. The van der Waals surface area contributed by atoms with E-state index in [0.717, 1.165) is 46.4 Å². The number of nitrogens with zero attached hydrogens (tertiary/aromatic N) is 1. The third-order valence-electron chi connectivity index (χ3n) is 6.77. The van der Waals surface area contributed by atoms with Crippen LogP contribution < -0.4 is 10.6 Å². The Bertz CT molecular complexity index is 1290. The average Bonchev–Trinajstić information content (AvgIpc) is 3.56. The summed E-state index contributed by atoms with van der Waals surface area (Å²) in [5.41, 5.74) is 3.59. The third kappa shape index (κ3) is 4.27. The number of thiazole rings is 1. The van der Waals surface area contributed by atoms with Gasteiger partial charge in [-0.1, -0.05) is 59.9 Å². The fourth-order valence-electron chi connectivity index (χ4n) is 4.67. The number of carboxylic acids is 1. The maximum Gasteiger partial charge on any atom is 0.413 e. The van der Waals surface area contributed by atoms with Gasteiger partial charge < -0.3 is 15.2 Å². The lowest BCUT2D eigenvalue weighted by molar-refractivity contribution is -0.144. The van der Waals surface area contributed by atoms with Crippen LogP contribution in [0.25, 0.3) is 11.1 Å². The van der Waals surface area contributed by atoms with E-state index in [1.54, 1.807) is 6.92 Å². The Labute approximate surface area is 206 Å². The molecule has 3 N–H and O–H groups in total. The van der Waals surface area contributed by atoms with Crippen molar-refractivity contribution in [3.8, 4) is 11.1 Å². The summed E-state index contributed by atoms with van der Waals surface area (Å²) in [6, 6.07) is 16.2. The van der Waals surface area contributed by atoms with Gasteiger partial charge in [0.05, 0.1) is 5.69 Å². The van der Waals surface area contributed by atoms with Crippen molar-refractivity contribution in [2.75, 3.05) is 11.9 Å². The number of ether oxygens (including phenoxy) is 1. The van der Waals surface area contributed by atoms with Gasteiger partial charge in [-0.2, -0.15) is 0 Å². The van der Waals surface area contributed by atoms with E-state index in [1.165, 1.54) is 6.92 Å². The summed E-state index contributed by atoms with van der Waals surface area (Å²) in [6.45, 7) is 3.33. The maximum atomic E-state index is 12.8. The van der Waals surface area contributed by atoms with Crippen LogP contribution in [0.1, 0.15) is 52.2 Å². The topological polar surface area (TPSA) is 118 Å². The van der Waals surface area contributed by atoms with Crippen molar-refractivity contribution in [2.45, 2.75) is 38.1 Å². The standard InChI is InChI=1S/C26H25N3O5S/c1-14-21(22(30)29-26(2,23(31)32)15-11-12-15)35-24(27-14)28-25(33)34-13-20-18-9-5-3-7-16(18)17-8-4-6-10-19(17)20/h3-10,15,20H,11-13H2,1-2H3,(H,29,30)(H,31,32)(H,27,28,33). The fourth-order valence-corrected chi connectivity index (χ4v) is 5.51. The zero-order chi connectivity index (χ0) is 24.7. The minimum Gasteiger partial charge on any atom is -0.480 e. The molecule has 9 heteroatoms. The predicted octanol–water partition coefficient (Wildman–Crippen LogP) is 4.80. The number of amides is 2. The molecule has 1 heterocycles. The summed E-state index contributed by atoms with van der Waals surface area (Å²) < 4.78 is 5.54. The highest BCUT2D eigenvalue weighted by Gasteiger charge is 2.49. The van der Waals surface area contributed by atoms with E-state index in [2.05, 4.69) is 27.8 Å². The molecular formula is C26H25N3O5S. The second-order valence-electron chi connectivity index (χ2n) is 9.12. The quantitative estimate of drug-likeness (QED) is 0.437. The first-order valence-corrected chi connectivity index (χ1v) is 12.2. The van der Waals surface area contributed by atoms with Crippen LogP contribution in [-0.2, 0) is 9.53 Å². The number of benzene rings is 2. The molecule has 0 saturated heterocycles. The summed E-state index contributed by atoms with van der Waals surface area (Å²) in [5.74, 6) is -1.73. The number of aromatic nitrogens is 1. The molecule has 2 aliphatic rings. The molecule has 0 spiro atoms. The van der Waals surface area contributed by atoms with E-state index < -0.39 is 23.5 Å². The fraction of sp³-hybridized carbons (Fsp3) is 0.308. The molecule has 0 bridgehead atoms. The van der Waals surface area contributed by atoms with Gasteiger partial charge in [0.15, 0.2) is 5.13 Å². The molecular weight excluding hydrogens is 466 g/mol. The second kappa shape index (κ2) is 8.81. The number of aliphatic carboxylic acids is 1. The molecule has 2 amide bonds. The Morgan fingerprint density at radius 1 is 1.09 bits per heavy atom. The van der Waals surface area contributed by atoms with E-state index in [1.807, 2.05) is 36.4 Å². The van der Waals surface area contributed by atoms with E-state index in [9.17, 15) is 19.5 Å². The lowest BCUT2D eigenvalue weighted by Gasteiger charge is -2.25. The minimum atomic E-state index is -1.33. The first-order chi connectivity index (χ1) is 16.8. The van der Waals surface area contributed by atoms with Crippen LogP contribution >= 0.6 is 11.3 Å². The minimum absolute atomic E-state index is 0.0661. The van der Waals surface area contributed by atoms with Crippen molar-refractivity contribution in [3.63, 3.8) is 0 Å². The highest BCUT2D eigenvalue weighted by molar-refractivity contribution is 7.17. The lowest BCUT2D eigenvalue weighted by Crippen LogP contribution is -2.54. The van der Waals surface area contributed by atoms with Crippen LogP contribution in [0.4, 0.5) is 9.93 Å². The molecule has 2 aliphatic carbocycles. The van der Waals surface area contributed by atoms with Gasteiger partial charge in [-0.15, -0.1) is 0 Å². The number of fused-ring (bicyclic) bond motifs is 3. The summed E-state index contributed by atoms with van der Waals surface area (Å²) >= 11 is 0.988. The number of hydrogen-bond donors (Lipinski definition) is 3. The average molecular weight is 492 g/mol. The Balaban J connectivity index is 1.24. The highest BCUT2D eigenvalue weighted by Crippen LogP contribution is 2.44. The smallest absolute Gasteiger partial charge is 0.413 e. The van der Waals surface area contributed by atoms with Gasteiger partial charge in [0.1, 0.15) is 17.0 Å². The van der Waals surface area contributed by atoms with Gasteiger partial charge in [0.25, 0.3) is 5.91 Å². The van der Waals surface area contributed by atoms with Crippen molar-refractivity contribution >= 4 is 34.4 Å². The van der Waals surface area contributed by atoms with E-state index >= 15 is 0 Å². The van der Waals surface area contributed by atoms with Crippen molar-refractivity contribution in [1.82, 2.24) is 10.3 Å². The van der Waals surface area contributed by atoms with Crippen molar-refractivity contribution in [1.29, 1.82) is 0 Å². The number of rotatable bonds is 7. The largest absolute Gasteiger partial charge is 0.480 e. The number of anilines is 1. The van der Waals surface area contributed by atoms with Crippen molar-refractivity contribution in [2.24, 2.45) is 5.92 Å². The summed E-state index contributed by atoms with van der Waals surface area (Å²) in [6.07, 6.45) is 0.861. The summed E-state index contributed by atoms with van der Waals surface area (Å²) in [5, 5.41) is 15.1. The molecule has 1 saturated carbocycles. The van der Waals surface area contributed by atoms with E-state index in [-0.39, 0.29) is 28.5 Å². The first kappa shape index (κ1) is 23.0. The molecule has 0 aliphatic heterocycles. The molecule has 5 rings (SSSR count). The first-order valence-electron chi connectivity index (χ1n) is 11.4. The summed E-state index contributed by atoms with van der Waals surface area (Å²) in [4.78, 5) is 41.6. The molecule has 1 fully saturated rings. The number of aryl methyl sites for hydroxylation is 1. The molecule has 35 heavy (non-hydrogen) atoms. The Morgan fingerprint density at radius 2 is 1.69 bits per heavy atom. The van der Waals surface area contributed by atoms with Crippen molar-refractivity contribution in [3.05, 3.63) is 70.2 Å². The van der Waals surface area contributed by atoms with Gasteiger partial charge >= 0.3 is 12.1 Å². The molecule has 2 aromatic carbocycles. The van der Waals surface area contributed by atoms with Crippen LogP contribution in [-0.4, -0.2) is 40.2 Å². The zero-order valence-electron chi connectivity index (χ0n) is 19.3. The van der Waals surface area contributed by atoms with Crippen LogP contribution in [0.15, 0.2) is 48.5 Å². The van der Waals surface area contributed by atoms with E-state index in [4.69, 9.17) is 4.74 Å². The van der Waals surface area contributed by atoms with Gasteiger partial charge in [0.2, 0.25) is 0 Å². The number of hydrogen-bond acceptors (Lipinski definition) is 6. The Kier molecular flexibility index (Phi) is 5.80. The SMILES string of the molecule is Cc1nc(NC(=O)OCC2c3ccccc3-c3ccccc32)sc1C(=O)NC(C)(C(=O)O)C1CC1. The van der Waals surface area contributed by atoms with Gasteiger partial charge in [0, 0.05) is 5.92 Å². The number of carbonyl (C=O) groups is 3. The third-order valence-corrected chi connectivity index (χ3v) is 7.84. The van der Waals surface area contributed by atoms with E-state index in [0.29, 0.717) is 5.69 Å². The molecule has 1 atom stereocenters. The molecule has 3 aromatic rings. The highest BCUT2D eigenvalue weighted by atomic mass is 32.1. The van der Waals surface area contributed by atoms with Gasteiger partial charge in [-0.05, 0) is 54.9 Å². The van der Waals surface area contributed by atoms with Crippen molar-refractivity contribution < 1.29 is 24.2 Å². The van der Waals surface area contributed by atoms with Crippen LogP contribution in [0, 0.1) is 12.8 Å². The van der Waals surface area contributed by atoms with Crippen LogP contribution in [0.5, 0.6) is 0 Å². The predicted molar refractivity (Wildman–Crippen MR) is 132 cm³/mol. The lowest BCUT2D eigenvalue weighted by atomic mass is 9.96. The number of carboxylic acid groups (broad SMARTS) is 1. The molecule has 8 nitrogen and oxygen atoms in total. The van der Waals surface area contributed by atoms with Crippen LogP contribution in [0.3, 0.4) is 0 Å². The number of carbonyl (C=O) groups excluding carboxylic acids is 2. The maximum absolute atomic E-state index is 12.8. The molecule has 1 aromatic heterocycles. The zero-order valence-corrected chi connectivity index (χ0v) is 20.1. The molecule has 180 valence electrons. The molecule has 0 radical (unpaired) electrons. The Hall–Kier alpha value is -3.72. The van der Waals surface area contributed by atoms with Crippen LogP contribution in [0.2, 0.25) is 0 Å². The van der Waals surface area contributed by atoms with Gasteiger partial charge in [-0.25, -0.2) is 14.6 Å². The second-order valence-corrected chi connectivity index (χ2v) is 10.1. The van der Waals surface area contributed by atoms with Gasteiger partial charge in [-0.3, -0.25) is 10.1 Å². The molecule has 1 unspecified atom stereocenters. The Morgan fingerprint density at radius 3 is 2.26 bits per heavy atom. The number of nitrogens with one attached hydrogen (secondary N) is 2. The summed E-state index contributed by atoms with van der Waals surface area (Å²) in [7, 11) is 0. The monoisotopic (exact) mass is 491 g/mol.